The van der Waals surface area contributed by atoms with Gasteiger partial charge in [0.25, 0.3) is 6.43 Å². The van der Waals surface area contributed by atoms with E-state index in [0.717, 1.165) is 16.5 Å². The molecule has 16 heavy (non-hydrogen) atoms. The molecule has 1 aromatic carbocycles. The largest absolute Gasteiger partial charge is 0.361 e. The van der Waals surface area contributed by atoms with Crippen LogP contribution in [-0.4, -0.2) is 17.2 Å². The fourth-order valence-electron chi connectivity index (χ4n) is 1.71. The molecule has 0 unspecified atom stereocenters. The van der Waals surface area contributed by atoms with Crippen LogP contribution in [0, 0.1) is 0 Å². The third kappa shape index (κ3) is 2.10. The van der Waals surface area contributed by atoms with E-state index in [2.05, 4.69) is 4.98 Å². The lowest BCUT2D eigenvalue weighted by molar-refractivity contribution is -0.129. The Hall–Kier alpha value is -1.71. The Balaban J connectivity index is 2.13. The molecule has 2 nitrogen and oxygen atoms in total. The van der Waals surface area contributed by atoms with Crippen LogP contribution in [0.25, 0.3) is 10.9 Å². The van der Waals surface area contributed by atoms with Crippen LogP contribution < -0.4 is 0 Å². The molecule has 0 spiro atoms. The van der Waals surface area contributed by atoms with E-state index < -0.39 is 12.2 Å². The minimum Gasteiger partial charge on any atom is -0.361 e. The second-order valence-corrected chi connectivity index (χ2v) is 3.63. The number of H-pyrrole nitrogens is 1. The summed E-state index contributed by atoms with van der Waals surface area (Å²) >= 11 is 0. The van der Waals surface area contributed by atoms with Crippen LogP contribution in [0.4, 0.5) is 8.78 Å². The first kappa shape index (κ1) is 10.8. The van der Waals surface area contributed by atoms with Crippen molar-refractivity contribution in [1.29, 1.82) is 0 Å². The van der Waals surface area contributed by atoms with Crippen molar-refractivity contribution in [2.45, 2.75) is 19.3 Å². The van der Waals surface area contributed by atoms with E-state index >= 15 is 0 Å². The SMILES string of the molecule is O=C(CCc1c[nH]c2ccccc12)C(F)F. The van der Waals surface area contributed by atoms with Gasteiger partial charge in [-0.05, 0) is 18.1 Å². The van der Waals surface area contributed by atoms with Gasteiger partial charge in [0.2, 0.25) is 0 Å². The topological polar surface area (TPSA) is 32.9 Å². The summed E-state index contributed by atoms with van der Waals surface area (Å²) in [6.07, 6.45) is -0.846. The molecule has 0 aliphatic carbocycles. The van der Waals surface area contributed by atoms with Crippen LogP contribution in [0.5, 0.6) is 0 Å². The molecule has 0 fully saturated rings. The number of fused-ring (bicyclic) bond motifs is 1. The molecule has 0 saturated heterocycles. The van der Waals surface area contributed by atoms with Gasteiger partial charge in [-0.1, -0.05) is 18.2 Å². The number of aryl methyl sites for hydroxylation is 1. The lowest BCUT2D eigenvalue weighted by atomic mass is 10.1. The van der Waals surface area contributed by atoms with Gasteiger partial charge in [-0.2, -0.15) is 0 Å². The molecular formula is C12H11F2NO. The van der Waals surface area contributed by atoms with Crippen LogP contribution in [-0.2, 0) is 11.2 Å². The standard InChI is InChI=1S/C12H11F2NO/c13-12(14)11(16)6-5-8-7-15-10-4-2-1-3-9(8)10/h1-4,7,12,15H,5-6H2. The maximum absolute atomic E-state index is 12.0. The highest BCUT2D eigenvalue weighted by molar-refractivity contribution is 5.85. The summed E-state index contributed by atoms with van der Waals surface area (Å²) in [5.74, 6) is -0.995. The average Bonchev–Trinajstić information content (AvgIpc) is 2.69. The number of Topliss-reactive ketones (excluding diaryl/α,β-unsaturated/α-hetero) is 1. The van der Waals surface area contributed by atoms with E-state index in [1.165, 1.54) is 0 Å². The molecule has 1 N–H and O–H groups in total. The maximum atomic E-state index is 12.0. The number of rotatable bonds is 4. The molecule has 0 saturated carbocycles. The molecule has 0 amide bonds. The third-order valence-corrected chi connectivity index (χ3v) is 2.56. The summed E-state index contributed by atoms with van der Waals surface area (Å²) in [7, 11) is 0. The zero-order chi connectivity index (χ0) is 11.5. The molecule has 0 atom stereocenters. The molecule has 0 aliphatic rings. The molecule has 1 heterocycles. The van der Waals surface area contributed by atoms with E-state index in [1.807, 2.05) is 24.3 Å². The van der Waals surface area contributed by atoms with E-state index in [9.17, 15) is 13.6 Å². The van der Waals surface area contributed by atoms with Crippen molar-refractivity contribution in [2.75, 3.05) is 0 Å². The number of hydrogen-bond donors (Lipinski definition) is 1. The number of nitrogens with one attached hydrogen (secondary N) is 1. The van der Waals surface area contributed by atoms with Crippen molar-refractivity contribution in [3.8, 4) is 0 Å². The van der Waals surface area contributed by atoms with Crippen molar-refractivity contribution in [3.05, 3.63) is 36.0 Å². The fourth-order valence-corrected chi connectivity index (χ4v) is 1.71. The quantitative estimate of drug-likeness (QED) is 0.849. The Kier molecular flexibility index (Phi) is 2.99. The smallest absolute Gasteiger partial charge is 0.295 e. The predicted molar refractivity (Wildman–Crippen MR) is 57.6 cm³/mol. The van der Waals surface area contributed by atoms with Gasteiger partial charge < -0.3 is 4.98 Å². The van der Waals surface area contributed by atoms with Gasteiger partial charge in [-0.3, -0.25) is 4.79 Å². The normalized spacial score (nSPS) is 11.2. The van der Waals surface area contributed by atoms with Crippen LogP contribution in [0.1, 0.15) is 12.0 Å². The number of para-hydroxylation sites is 1. The van der Waals surface area contributed by atoms with Crippen molar-refractivity contribution >= 4 is 16.7 Å². The van der Waals surface area contributed by atoms with Gasteiger partial charge in [-0.15, -0.1) is 0 Å². The van der Waals surface area contributed by atoms with E-state index in [4.69, 9.17) is 0 Å². The minimum absolute atomic E-state index is 0.112. The summed E-state index contributed by atoms with van der Waals surface area (Å²) in [6, 6.07) is 7.60. The average molecular weight is 223 g/mol. The molecule has 4 heteroatoms. The molecule has 0 bridgehead atoms. The number of carbonyl (C=O) groups excluding carboxylic acids is 1. The number of ketones is 1. The zero-order valence-corrected chi connectivity index (χ0v) is 8.54. The first-order valence-corrected chi connectivity index (χ1v) is 5.04. The van der Waals surface area contributed by atoms with Crippen molar-refractivity contribution < 1.29 is 13.6 Å². The monoisotopic (exact) mass is 223 g/mol. The molecule has 2 rings (SSSR count). The second-order valence-electron chi connectivity index (χ2n) is 3.63. The Morgan fingerprint density at radius 3 is 2.81 bits per heavy atom. The van der Waals surface area contributed by atoms with Crippen LogP contribution in [0.15, 0.2) is 30.5 Å². The Bertz CT molecular complexity index is 504. The third-order valence-electron chi connectivity index (χ3n) is 2.56. The number of alkyl halides is 2. The first-order chi connectivity index (χ1) is 7.68. The molecule has 0 aliphatic heterocycles. The fraction of sp³-hybridized carbons (Fsp3) is 0.250. The van der Waals surface area contributed by atoms with Crippen molar-refractivity contribution in [1.82, 2.24) is 4.98 Å². The van der Waals surface area contributed by atoms with Gasteiger partial charge in [-0.25, -0.2) is 8.78 Å². The highest BCUT2D eigenvalue weighted by atomic mass is 19.3. The molecular weight excluding hydrogens is 212 g/mol. The highest BCUT2D eigenvalue weighted by Gasteiger charge is 2.15. The molecule has 1 aromatic heterocycles. The Morgan fingerprint density at radius 2 is 2.06 bits per heavy atom. The van der Waals surface area contributed by atoms with Crippen LogP contribution in [0.2, 0.25) is 0 Å². The summed E-state index contributed by atoms with van der Waals surface area (Å²) in [4.78, 5) is 13.9. The predicted octanol–water partition coefficient (Wildman–Crippen LogP) is 2.93. The minimum atomic E-state index is -2.86. The number of carbonyl (C=O) groups is 1. The van der Waals surface area contributed by atoms with Crippen molar-refractivity contribution in [3.63, 3.8) is 0 Å². The Labute approximate surface area is 91.3 Å². The summed E-state index contributed by atoms with van der Waals surface area (Å²) in [6.45, 7) is 0. The van der Waals surface area contributed by atoms with Gasteiger partial charge in [0, 0.05) is 23.5 Å². The number of benzene rings is 1. The van der Waals surface area contributed by atoms with Crippen molar-refractivity contribution in [2.24, 2.45) is 0 Å². The van der Waals surface area contributed by atoms with Gasteiger partial charge in [0.1, 0.15) is 0 Å². The molecule has 2 aromatic rings. The second kappa shape index (κ2) is 4.43. The lowest BCUT2D eigenvalue weighted by Gasteiger charge is -1.98. The first-order valence-electron chi connectivity index (χ1n) is 5.04. The number of aromatic nitrogens is 1. The molecule has 0 radical (unpaired) electrons. The van der Waals surface area contributed by atoms with Gasteiger partial charge in [0.15, 0.2) is 5.78 Å². The summed E-state index contributed by atoms with van der Waals surface area (Å²) < 4.78 is 24.0. The number of hydrogen-bond acceptors (Lipinski definition) is 1. The number of halogens is 2. The van der Waals surface area contributed by atoms with E-state index in [-0.39, 0.29) is 6.42 Å². The van der Waals surface area contributed by atoms with Crippen LogP contribution in [0.3, 0.4) is 0 Å². The lowest BCUT2D eigenvalue weighted by Crippen LogP contribution is -2.10. The maximum Gasteiger partial charge on any atom is 0.295 e. The van der Waals surface area contributed by atoms with E-state index in [0.29, 0.717) is 6.42 Å². The Morgan fingerprint density at radius 1 is 1.31 bits per heavy atom. The van der Waals surface area contributed by atoms with Gasteiger partial charge >= 0.3 is 0 Å². The van der Waals surface area contributed by atoms with Gasteiger partial charge in [0.05, 0.1) is 0 Å². The van der Waals surface area contributed by atoms with Crippen LogP contribution >= 0.6 is 0 Å². The summed E-state index contributed by atoms with van der Waals surface area (Å²) in [5, 5.41) is 0.990. The highest BCUT2D eigenvalue weighted by Crippen LogP contribution is 2.19. The van der Waals surface area contributed by atoms with E-state index in [1.54, 1.807) is 6.20 Å². The molecule has 84 valence electrons. The zero-order valence-electron chi connectivity index (χ0n) is 8.54. The summed E-state index contributed by atoms with van der Waals surface area (Å²) in [5.41, 5.74) is 1.87. The number of aromatic amines is 1.